The van der Waals surface area contributed by atoms with Gasteiger partial charge < -0.3 is 10.0 Å². The number of hydrogen-bond donors (Lipinski definition) is 1. The van der Waals surface area contributed by atoms with Crippen molar-refractivity contribution in [2.24, 2.45) is 0 Å². The van der Waals surface area contributed by atoms with Crippen LogP contribution in [0, 0.1) is 0 Å². The summed E-state index contributed by atoms with van der Waals surface area (Å²) in [7, 11) is 2.15. The molecule has 3 nitrogen and oxygen atoms in total. The second-order valence-corrected chi connectivity index (χ2v) is 3.35. The maximum atomic E-state index is 8.72. The third-order valence-corrected chi connectivity index (χ3v) is 2.46. The second kappa shape index (κ2) is 4.04. The fourth-order valence-corrected chi connectivity index (χ4v) is 1.47. The van der Waals surface area contributed by atoms with E-state index in [-0.39, 0.29) is 6.61 Å². The summed E-state index contributed by atoms with van der Waals surface area (Å²) in [6.45, 7) is 6.66. The van der Waals surface area contributed by atoms with Crippen LogP contribution in [0.25, 0.3) is 0 Å². The van der Waals surface area contributed by atoms with Crippen LogP contribution < -0.4 is 0 Å². The lowest BCUT2D eigenvalue weighted by molar-refractivity contribution is 0.0894. The fourth-order valence-electron chi connectivity index (χ4n) is 1.47. The minimum absolute atomic E-state index is 0.288. The first kappa shape index (κ1) is 8.97. The minimum atomic E-state index is 0.288. The third kappa shape index (κ3) is 2.43. The molecular weight excluding hydrogens is 140 g/mol. The van der Waals surface area contributed by atoms with Gasteiger partial charge in [0.15, 0.2) is 0 Å². The van der Waals surface area contributed by atoms with Crippen molar-refractivity contribution in [1.82, 2.24) is 9.80 Å². The molecule has 66 valence electrons. The van der Waals surface area contributed by atoms with Gasteiger partial charge in [-0.3, -0.25) is 4.90 Å². The van der Waals surface area contributed by atoms with Gasteiger partial charge in [-0.2, -0.15) is 0 Å². The molecule has 1 aliphatic rings. The van der Waals surface area contributed by atoms with E-state index < -0.39 is 0 Å². The van der Waals surface area contributed by atoms with Gasteiger partial charge in [0.2, 0.25) is 0 Å². The van der Waals surface area contributed by atoms with Gasteiger partial charge in [-0.15, -0.1) is 0 Å². The number of β-amino-alcohol motifs (C(OH)–C–C–N with tert-alkyl or cyclic N) is 1. The van der Waals surface area contributed by atoms with E-state index in [1.54, 1.807) is 0 Å². The Morgan fingerprint density at radius 2 is 2.18 bits per heavy atom. The Kier molecular flexibility index (Phi) is 3.30. The standard InChI is InChI=1S/C8H18N2O/c1-8-7-10(5-6-11)4-3-9(8)2/h8,11H,3-7H2,1-2H3/t8-/m1/s1. The highest BCUT2D eigenvalue weighted by Gasteiger charge is 2.19. The highest BCUT2D eigenvalue weighted by molar-refractivity contribution is 4.75. The first-order valence-corrected chi connectivity index (χ1v) is 4.27. The van der Waals surface area contributed by atoms with Crippen LogP contribution in [0.3, 0.4) is 0 Å². The van der Waals surface area contributed by atoms with E-state index in [0.717, 1.165) is 26.2 Å². The molecule has 1 fully saturated rings. The van der Waals surface area contributed by atoms with Crippen LogP contribution in [0.5, 0.6) is 0 Å². The number of likely N-dealkylation sites (N-methyl/N-ethyl adjacent to an activating group) is 1. The topological polar surface area (TPSA) is 26.7 Å². The smallest absolute Gasteiger partial charge is 0.0558 e. The van der Waals surface area contributed by atoms with Crippen LogP contribution in [0.2, 0.25) is 0 Å². The van der Waals surface area contributed by atoms with Gasteiger partial charge in [0.05, 0.1) is 6.61 Å². The highest BCUT2D eigenvalue weighted by Crippen LogP contribution is 2.05. The predicted octanol–water partition coefficient (Wildman–Crippen LogP) is -0.385. The van der Waals surface area contributed by atoms with Gasteiger partial charge in [-0.25, -0.2) is 0 Å². The SMILES string of the molecule is C[C@@H]1CN(CCO)CCN1C. The average molecular weight is 158 g/mol. The molecule has 0 radical (unpaired) electrons. The Labute approximate surface area is 68.6 Å². The van der Waals surface area contributed by atoms with Gasteiger partial charge in [-0.05, 0) is 14.0 Å². The number of rotatable bonds is 2. The molecule has 0 saturated carbocycles. The van der Waals surface area contributed by atoms with E-state index in [2.05, 4.69) is 23.8 Å². The molecule has 1 aliphatic heterocycles. The number of piperazine rings is 1. The van der Waals surface area contributed by atoms with Crippen LogP contribution >= 0.6 is 0 Å². The van der Waals surface area contributed by atoms with Gasteiger partial charge >= 0.3 is 0 Å². The molecule has 0 aromatic rings. The Morgan fingerprint density at radius 1 is 1.45 bits per heavy atom. The van der Waals surface area contributed by atoms with E-state index in [4.69, 9.17) is 5.11 Å². The molecule has 0 bridgehead atoms. The van der Waals surface area contributed by atoms with Crippen molar-refractivity contribution < 1.29 is 5.11 Å². The number of aliphatic hydroxyl groups is 1. The molecule has 0 amide bonds. The lowest BCUT2D eigenvalue weighted by Crippen LogP contribution is -2.50. The van der Waals surface area contributed by atoms with Crippen LogP contribution in [-0.2, 0) is 0 Å². The molecule has 0 aliphatic carbocycles. The minimum Gasteiger partial charge on any atom is -0.395 e. The summed E-state index contributed by atoms with van der Waals surface area (Å²) in [5.41, 5.74) is 0. The van der Waals surface area contributed by atoms with E-state index in [9.17, 15) is 0 Å². The van der Waals surface area contributed by atoms with Crippen LogP contribution in [0.4, 0.5) is 0 Å². The summed E-state index contributed by atoms with van der Waals surface area (Å²) in [6.07, 6.45) is 0. The lowest BCUT2D eigenvalue weighted by atomic mass is 10.2. The monoisotopic (exact) mass is 158 g/mol. The van der Waals surface area contributed by atoms with Crippen molar-refractivity contribution >= 4 is 0 Å². The molecule has 0 unspecified atom stereocenters. The summed E-state index contributed by atoms with van der Waals surface area (Å²) < 4.78 is 0. The van der Waals surface area contributed by atoms with Gasteiger partial charge in [0.25, 0.3) is 0 Å². The van der Waals surface area contributed by atoms with Crippen LogP contribution in [0.1, 0.15) is 6.92 Å². The van der Waals surface area contributed by atoms with E-state index in [1.165, 1.54) is 0 Å². The Balaban J connectivity index is 2.28. The molecule has 1 N–H and O–H groups in total. The van der Waals surface area contributed by atoms with Crippen molar-refractivity contribution in [3.63, 3.8) is 0 Å². The average Bonchev–Trinajstić information content (AvgIpc) is 1.98. The summed E-state index contributed by atoms with van der Waals surface area (Å²) in [4.78, 5) is 4.67. The first-order chi connectivity index (χ1) is 5.24. The lowest BCUT2D eigenvalue weighted by Gasteiger charge is -2.37. The predicted molar refractivity (Wildman–Crippen MR) is 45.6 cm³/mol. The van der Waals surface area contributed by atoms with Gasteiger partial charge in [0.1, 0.15) is 0 Å². The normalized spacial score (nSPS) is 29.2. The Morgan fingerprint density at radius 3 is 2.73 bits per heavy atom. The molecule has 3 heteroatoms. The molecule has 0 aromatic heterocycles. The zero-order valence-corrected chi connectivity index (χ0v) is 7.45. The van der Waals surface area contributed by atoms with Crippen molar-refractivity contribution in [2.45, 2.75) is 13.0 Å². The molecule has 1 atom stereocenters. The van der Waals surface area contributed by atoms with Crippen molar-refractivity contribution in [3.8, 4) is 0 Å². The Hall–Kier alpha value is -0.120. The first-order valence-electron chi connectivity index (χ1n) is 4.27. The van der Waals surface area contributed by atoms with E-state index >= 15 is 0 Å². The Bertz CT molecular complexity index is 119. The molecule has 11 heavy (non-hydrogen) atoms. The maximum Gasteiger partial charge on any atom is 0.0558 e. The summed E-state index contributed by atoms with van der Waals surface area (Å²) in [5.74, 6) is 0. The quantitative estimate of drug-likeness (QED) is 0.593. The summed E-state index contributed by atoms with van der Waals surface area (Å²) >= 11 is 0. The van der Waals surface area contributed by atoms with Crippen LogP contribution in [0.15, 0.2) is 0 Å². The van der Waals surface area contributed by atoms with E-state index in [0.29, 0.717) is 6.04 Å². The molecule has 1 saturated heterocycles. The molecule has 1 rings (SSSR count). The van der Waals surface area contributed by atoms with Gasteiger partial charge in [-0.1, -0.05) is 0 Å². The zero-order chi connectivity index (χ0) is 8.27. The third-order valence-electron chi connectivity index (χ3n) is 2.46. The molecule has 0 aromatic carbocycles. The summed E-state index contributed by atoms with van der Waals surface area (Å²) in [6, 6.07) is 0.635. The fraction of sp³-hybridized carbons (Fsp3) is 1.00. The van der Waals surface area contributed by atoms with Crippen molar-refractivity contribution in [2.75, 3.05) is 39.8 Å². The number of nitrogens with zero attached hydrogens (tertiary/aromatic N) is 2. The number of hydrogen-bond acceptors (Lipinski definition) is 3. The van der Waals surface area contributed by atoms with Crippen molar-refractivity contribution in [3.05, 3.63) is 0 Å². The zero-order valence-electron chi connectivity index (χ0n) is 7.45. The van der Waals surface area contributed by atoms with Gasteiger partial charge in [0, 0.05) is 32.2 Å². The van der Waals surface area contributed by atoms with E-state index in [1.807, 2.05) is 0 Å². The van der Waals surface area contributed by atoms with Crippen molar-refractivity contribution in [1.29, 1.82) is 0 Å². The number of aliphatic hydroxyl groups excluding tert-OH is 1. The summed E-state index contributed by atoms with van der Waals surface area (Å²) in [5, 5.41) is 8.72. The second-order valence-electron chi connectivity index (χ2n) is 3.35. The molecule has 1 heterocycles. The maximum absolute atomic E-state index is 8.72. The molecule has 0 spiro atoms. The van der Waals surface area contributed by atoms with Crippen LogP contribution in [-0.4, -0.2) is 60.8 Å². The highest BCUT2D eigenvalue weighted by atomic mass is 16.3. The molecular formula is C8H18N2O. The largest absolute Gasteiger partial charge is 0.395 e.